The van der Waals surface area contributed by atoms with Crippen LogP contribution in [0.3, 0.4) is 0 Å². The summed E-state index contributed by atoms with van der Waals surface area (Å²) in [5, 5.41) is 7.24. The van der Waals surface area contributed by atoms with Crippen molar-refractivity contribution >= 4 is 12.4 Å². The van der Waals surface area contributed by atoms with Gasteiger partial charge in [0, 0.05) is 12.4 Å². The SMILES string of the molecule is CC=CC=NN=CC. The van der Waals surface area contributed by atoms with E-state index in [2.05, 4.69) is 10.2 Å². The Morgan fingerprint density at radius 2 is 1.88 bits per heavy atom. The highest BCUT2D eigenvalue weighted by Gasteiger charge is 1.55. The molecule has 0 spiro atoms. The van der Waals surface area contributed by atoms with Crippen molar-refractivity contribution in [1.82, 2.24) is 0 Å². The summed E-state index contributed by atoms with van der Waals surface area (Å²) in [5.74, 6) is 0. The molecule has 0 aromatic rings. The molecule has 2 heteroatoms. The zero-order valence-electron chi connectivity index (χ0n) is 5.20. The molecular formula is C6H10N2. The third kappa shape index (κ3) is 5.08. The van der Waals surface area contributed by atoms with Crippen molar-refractivity contribution in [3.05, 3.63) is 12.2 Å². The van der Waals surface area contributed by atoms with Gasteiger partial charge in [0.2, 0.25) is 0 Å². The molecule has 0 saturated carbocycles. The largest absolute Gasteiger partial charge is 0.164 e. The monoisotopic (exact) mass is 110 g/mol. The van der Waals surface area contributed by atoms with Crippen molar-refractivity contribution in [2.45, 2.75) is 13.8 Å². The van der Waals surface area contributed by atoms with Crippen molar-refractivity contribution < 1.29 is 0 Å². The van der Waals surface area contributed by atoms with Crippen LogP contribution in [0.4, 0.5) is 0 Å². The van der Waals surface area contributed by atoms with Crippen molar-refractivity contribution in [3.63, 3.8) is 0 Å². The fourth-order valence-corrected chi connectivity index (χ4v) is 0.230. The summed E-state index contributed by atoms with van der Waals surface area (Å²) < 4.78 is 0. The molecule has 0 fully saturated rings. The van der Waals surface area contributed by atoms with E-state index in [4.69, 9.17) is 0 Å². The maximum Gasteiger partial charge on any atom is 0.0492 e. The van der Waals surface area contributed by atoms with Crippen LogP contribution in [0.15, 0.2) is 22.4 Å². The predicted octanol–water partition coefficient (Wildman–Crippen LogP) is 1.64. The Hall–Kier alpha value is -0.920. The van der Waals surface area contributed by atoms with E-state index < -0.39 is 0 Å². The molecule has 0 bridgehead atoms. The van der Waals surface area contributed by atoms with Gasteiger partial charge in [0.15, 0.2) is 0 Å². The Bertz CT molecular complexity index is 97.7. The van der Waals surface area contributed by atoms with Gasteiger partial charge in [-0.3, -0.25) is 0 Å². The summed E-state index contributed by atoms with van der Waals surface area (Å²) in [4.78, 5) is 0. The number of rotatable bonds is 2. The van der Waals surface area contributed by atoms with Gasteiger partial charge in [-0.1, -0.05) is 6.08 Å². The molecule has 0 rings (SSSR count). The Kier molecular flexibility index (Phi) is 5.38. The molecule has 0 aliphatic rings. The summed E-state index contributed by atoms with van der Waals surface area (Å²) in [7, 11) is 0. The Balaban J connectivity index is 3.35. The maximum atomic E-state index is 3.64. The van der Waals surface area contributed by atoms with Crippen LogP contribution in [-0.2, 0) is 0 Å². The second-order valence-corrected chi connectivity index (χ2v) is 1.16. The van der Waals surface area contributed by atoms with E-state index in [9.17, 15) is 0 Å². The fourth-order valence-electron chi connectivity index (χ4n) is 0.230. The summed E-state index contributed by atoms with van der Waals surface area (Å²) in [5.41, 5.74) is 0. The molecule has 0 aliphatic heterocycles. The second-order valence-electron chi connectivity index (χ2n) is 1.16. The molecule has 0 amide bonds. The molecule has 0 N–H and O–H groups in total. The van der Waals surface area contributed by atoms with Crippen LogP contribution in [0.1, 0.15) is 13.8 Å². The van der Waals surface area contributed by atoms with Crippen molar-refractivity contribution in [1.29, 1.82) is 0 Å². The van der Waals surface area contributed by atoms with Crippen LogP contribution >= 0.6 is 0 Å². The number of hydrogen-bond donors (Lipinski definition) is 0. The lowest BCUT2D eigenvalue weighted by Crippen LogP contribution is -1.60. The second kappa shape index (κ2) is 6.08. The summed E-state index contributed by atoms with van der Waals surface area (Å²) in [6.07, 6.45) is 7.00. The summed E-state index contributed by atoms with van der Waals surface area (Å²) >= 11 is 0. The number of nitrogens with zero attached hydrogens (tertiary/aromatic N) is 2. The average molecular weight is 110 g/mol. The van der Waals surface area contributed by atoms with Crippen molar-refractivity contribution in [2.24, 2.45) is 10.2 Å². The van der Waals surface area contributed by atoms with Crippen LogP contribution in [0.25, 0.3) is 0 Å². The van der Waals surface area contributed by atoms with Gasteiger partial charge in [-0.15, -0.1) is 0 Å². The standard InChI is InChI=1S/C6H10N2/c1-3-5-6-8-7-4-2/h3-6H,1-2H3. The third-order valence-electron chi connectivity index (χ3n) is 0.527. The molecule has 0 unspecified atom stereocenters. The Morgan fingerprint density at radius 3 is 2.38 bits per heavy atom. The minimum absolute atomic E-state index is 1.64. The zero-order chi connectivity index (χ0) is 6.24. The molecule has 0 aromatic carbocycles. The Labute approximate surface area is 49.6 Å². The molecule has 8 heavy (non-hydrogen) atoms. The molecule has 0 saturated heterocycles. The van der Waals surface area contributed by atoms with Gasteiger partial charge in [-0.25, -0.2) is 0 Å². The molecule has 0 aliphatic carbocycles. The first-order chi connectivity index (χ1) is 3.91. The molecule has 44 valence electrons. The molecule has 0 radical (unpaired) electrons. The van der Waals surface area contributed by atoms with Crippen molar-refractivity contribution in [2.75, 3.05) is 0 Å². The van der Waals surface area contributed by atoms with Gasteiger partial charge in [-0.2, -0.15) is 10.2 Å². The first-order valence-corrected chi connectivity index (χ1v) is 2.54. The highest BCUT2D eigenvalue weighted by Crippen LogP contribution is 1.67. The minimum Gasteiger partial charge on any atom is -0.164 e. The van der Waals surface area contributed by atoms with Crippen LogP contribution in [-0.4, -0.2) is 12.4 Å². The van der Waals surface area contributed by atoms with Crippen LogP contribution in [0.2, 0.25) is 0 Å². The summed E-state index contributed by atoms with van der Waals surface area (Å²) in [6, 6.07) is 0. The molecule has 2 nitrogen and oxygen atoms in total. The molecule has 0 heterocycles. The zero-order valence-corrected chi connectivity index (χ0v) is 5.20. The maximum absolute atomic E-state index is 3.64. The van der Waals surface area contributed by atoms with E-state index in [1.54, 1.807) is 12.4 Å². The van der Waals surface area contributed by atoms with E-state index in [1.807, 2.05) is 26.0 Å². The normalized spacial score (nSPS) is 12.8. The van der Waals surface area contributed by atoms with E-state index in [1.165, 1.54) is 0 Å². The first-order valence-electron chi connectivity index (χ1n) is 2.54. The van der Waals surface area contributed by atoms with Gasteiger partial charge in [0.1, 0.15) is 0 Å². The minimum atomic E-state index is 1.64. The van der Waals surface area contributed by atoms with Gasteiger partial charge < -0.3 is 0 Å². The molecular weight excluding hydrogens is 100 g/mol. The molecule has 0 aromatic heterocycles. The first kappa shape index (κ1) is 7.08. The highest BCUT2D eigenvalue weighted by molar-refractivity contribution is 5.71. The summed E-state index contributed by atoms with van der Waals surface area (Å²) in [6.45, 7) is 3.76. The van der Waals surface area contributed by atoms with E-state index in [0.29, 0.717) is 0 Å². The Morgan fingerprint density at radius 1 is 1.12 bits per heavy atom. The number of hydrogen-bond acceptors (Lipinski definition) is 2. The topological polar surface area (TPSA) is 24.7 Å². The number of allylic oxidation sites excluding steroid dienone is 2. The predicted molar refractivity (Wildman–Crippen MR) is 37.5 cm³/mol. The lowest BCUT2D eigenvalue weighted by Gasteiger charge is -1.68. The lowest BCUT2D eigenvalue weighted by molar-refractivity contribution is 1.27. The lowest BCUT2D eigenvalue weighted by atomic mass is 10.6. The van der Waals surface area contributed by atoms with Crippen LogP contribution < -0.4 is 0 Å². The van der Waals surface area contributed by atoms with E-state index in [0.717, 1.165) is 0 Å². The van der Waals surface area contributed by atoms with Crippen LogP contribution in [0, 0.1) is 0 Å². The van der Waals surface area contributed by atoms with Crippen LogP contribution in [0.5, 0.6) is 0 Å². The smallest absolute Gasteiger partial charge is 0.0492 e. The van der Waals surface area contributed by atoms with Gasteiger partial charge in [0.05, 0.1) is 0 Å². The van der Waals surface area contributed by atoms with E-state index >= 15 is 0 Å². The third-order valence-corrected chi connectivity index (χ3v) is 0.527. The van der Waals surface area contributed by atoms with Gasteiger partial charge in [0.25, 0.3) is 0 Å². The fraction of sp³-hybridized carbons (Fsp3) is 0.333. The van der Waals surface area contributed by atoms with Gasteiger partial charge >= 0.3 is 0 Å². The van der Waals surface area contributed by atoms with Gasteiger partial charge in [-0.05, 0) is 19.9 Å². The highest BCUT2D eigenvalue weighted by atomic mass is 15.2. The van der Waals surface area contributed by atoms with E-state index in [-0.39, 0.29) is 0 Å². The quantitative estimate of drug-likeness (QED) is 0.381. The average Bonchev–Trinajstić information content (AvgIpc) is 1.81. The molecule has 0 atom stereocenters. The van der Waals surface area contributed by atoms with Crippen molar-refractivity contribution in [3.8, 4) is 0 Å².